The highest BCUT2D eigenvalue weighted by Gasteiger charge is 2.18. The fourth-order valence-electron chi connectivity index (χ4n) is 2.01. The van der Waals surface area contributed by atoms with Gasteiger partial charge in [-0.1, -0.05) is 12.1 Å². The van der Waals surface area contributed by atoms with E-state index in [2.05, 4.69) is 5.10 Å². The molecule has 0 aliphatic rings. The summed E-state index contributed by atoms with van der Waals surface area (Å²) < 4.78 is 7.17. The molecule has 94 valence electrons. The van der Waals surface area contributed by atoms with E-state index in [1.807, 2.05) is 35.9 Å². The monoisotopic (exact) mass is 244 g/mol. The minimum absolute atomic E-state index is 0.00982. The number of ether oxygens (including phenoxy) is 1. The van der Waals surface area contributed by atoms with Gasteiger partial charge in [-0.15, -0.1) is 0 Å². The van der Waals surface area contributed by atoms with Crippen molar-refractivity contribution in [3.8, 4) is 17.0 Å². The van der Waals surface area contributed by atoms with E-state index in [-0.39, 0.29) is 5.78 Å². The van der Waals surface area contributed by atoms with Gasteiger partial charge < -0.3 is 4.74 Å². The van der Waals surface area contributed by atoms with E-state index in [1.165, 1.54) is 0 Å². The van der Waals surface area contributed by atoms with Crippen molar-refractivity contribution in [1.29, 1.82) is 0 Å². The summed E-state index contributed by atoms with van der Waals surface area (Å²) in [6, 6.07) is 7.65. The molecule has 18 heavy (non-hydrogen) atoms. The number of carbonyl (C=O) groups is 1. The van der Waals surface area contributed by atoms with Crippen molar-refractivity contribution in [2.75, 3.05) is 7.11 Å². The summed E-state index contributed by atoms with van der Waals surface area (Å²) in [6.45, 7) is 4.26. The topological polar surface area (TPSA) is 44.1 Å². The Bertz CT molecular complexity index is 573. The molecular weight excluding hydrogens is 228 g/mol. The van der Waals surface area contributed by atoms with E-state index in [4.69, 9.17) is 4.74 Å². The largest absolute Gasteiger partial charge is 0.496 e. The zero-order valence-corrected chi connectivity index (χ0v) is 10.8. The zero-order chi connectivity index (χ0) is 13.1. The highest BCUT2D eigenvalue weighted by Crippen LogP contribution is 2.32. The van der Waals surface area contributed by atoms with Gasteiger partial charge in [0.15, 0.2) is 5.78 Å². The summed E-state index contributed by atoms with van der Waals surface area (Å²) in [4.78, 5) is 11.7. The number of aromatic nitrogens is 2. The predicted molar refractivity (Wildman–Crippen MR) is 69.9 cm³/mol. The van der Waals surface area contributed by atoms with Crippen molar-refractivity contribution in [3.63, 3.8) is 0 Å². The molecule has 0 saturated heterocycles. The molecule has 1 aromatic heterocycles. The molecule has 0 radical (unpaired) electrons. The standard InChI is InChI=1S/C14H16N2O2/c1-4-16-14(12(9-15-16)10(2)17)11-7-5-6-8-13(11)18-3/h5-9H,4H2,1-3H3. The van der Waals surface area contributed by atoms with Crippen LogP contribution in [0.5, 0.6) is 5.75 Å². The summed E-state index contributed by atoms with van der Waals surface area (Å²) in [6.07, 6.45) is 1.62. The first kappa shape index (κ1) is 12.4. The van der Waals surface area contributed by atoms with Gasteiger partial charge in [0.05, 0.1) is 24.6 Å². The van der Waals surface area contributed by atoms with Crippen molar-refractivity contribution < 1.29 is 9.53 Å². The summed E-state index contributed by atoms with van der Waals surface area (Å²) in [5.41, 5.74) is 2.34. The highest BCUT2D eigenvalue weighted by molar-refractivity contribution is 6.00. The van der Waals surface area contributed by atoms with Crippen LogP contribution in [0, 0.1) is 0 Å². The Morgan fingerprint density at radius 3 is 2.72 bits per heavy atom. The lowest BCUT2D eigenvalue weighted by Gasteiger charge is -2.11. The molecule has 0 spiro atoms. The molecular formula is C14H16N2O2. The summed E-state index contributed by atoms with van der Waals surface area (Å²) in [5, 5.41) is 4.25. The minimum atomic E-state index is 0.00982. The number of aryl methyl sites for hydroxylation is 1. The molecule has 2 aromatic rings. The Labute approximate surface area is 106 Å². The third-order valence-corrected chi connectivity index (χ3v) is 2.88. The number of ketones is 1. The maximum absolute atomic E-state index is 11.7. The maximum atomic E-state index is 11.7. The molecule has 0 aliphatic heterocycles. The van der Waals surface area contributed by atoms with Gasteiger partial charge in [0, 0.05) is 12.1 Å². The molecule has 0 saturated carbocycles. The van der Waals surface area contributed by atoms with Crippen LogP contribution in [0.1, 0.15) is 24.2 Å². The Hall–Kier alpha value is -2.10. The van der Waals surface area contributed by atoms with Gasteiger partial charge in [-0.3, -0.25) is 9.48 Å². The van der Waals surface area contributed by atoms with Gasteiger partial charge >= 0.3 is 0 Å². The average molecular weight is 244 g/mol. The Balaban J connectivity index is 2.68. The molecule has 2 rings (SSSR count). The van der Waals surface area contributed by atoms with Crippen LogP contribution in [0.15, 0.2) is 30.5 Å². The molecule has 0 N–H and O–H groups in total. The number of hydrogen-bond donors (Lipinski definition) is 0. The predicted octanol–water partition coefficient (Wildman–Crippen LogP) is 2.78. The van der Waals surface area contributed by atoms with Crippen LogP contribution >= 0.6 is 0 Å². The second-order valence-corrected chi connectivity index (χ2v) is 3.98. The smallest absolute Gasteiger partial charge is 0.163 e. The van der Waals surface area contributed by atoms with E-state index < -0.39 is 0 Å². The van der Waals surface area contributed by atoms with Crippen LogP contribution in [0.2, 0.25) is 0 Å². The summed E-state index contributed by atoms with van der Waals surface area (Å²) in [7, 11) is 1.62. The number of para-hydroxylation sites is 1. The number of benzene rings is 1. The summed E-state index contributed by atoms with van der Waals surface area (Å²) >= 11 is 0. The molecule has 1 aromatic carbocycles. The van der Waals surface area contributed by atoms with Crippen LogP contribution in [0.4, 0.5) is 0 Å². The number of hydrogen-bond acceptors (Lipinski definition) is 3. The van der Waals surface area contributed by atoms with Crippen molar-refractivity contribution in [1.82, 2.24) is 9.78 Å². The molecule has 0 amide bonds. The average Bonchev–Trinajstić information content (AvgIpc) is 2.82. The number of methoxy groups -OCH3 is 1. The highest BCUT2D eigenvalue weighted by atomic mass is 16.5. The molecule has 0 unspecified atom stereocenters. The Morgan fingerprint density at radius 1 is 1.39 bits per heavy atom. The van der Waals surface area contributed by atoms with E-state index in [0.29, 0.717) is 12.1 Å². The second kappa shape index (κ2) is 5.04. The van der Waals surface area contributed by atoms with Gasteiger partial charge in [0.2, 0.25) is 0 Å². The molecule has 0 aliphatic carbocycles. The van der Waals surface area contributed by atoms with Crippen molar-refractivity contribution in [2.45, 2.75) is 20.4 Å². The first-order valence-electron chi connectivity index (χ1n) is 5.89. The Kier molecular flexibility index (Phi) is 3.46. The number of rotatable bonds is 4. The second-order valence-electron chi connectivity index (χ2n) is 3.98. The number of carbonyl (C=O) groups excluding carboxylic acids is 1. The van der Waals surface area contributed by atoms with Crippen molar-refractivity contribution in [3.05, 3.63) is 36.0 Å². The van der Waals surface area contributed by atoms with E-state index in [9.17, 15) is 4.79 Å². The van der Waals surface area contributed by atoms with Crippen molar-refractivity contribution >= 4 is 5.78 Å². The minimum Gasteiger partial charge on any atom is -0.496 e. The third kappa shape index (κ3) is 2.01. The normalized spacial score (nSPS) is 10.4. The first-order chi connectivity index (χ1) is 8.69. The van der Waals surface area contributed by atoms with Gasteiger partial charge in [0.25, 0.3) is 0 Å². The first-order valence-corrected chi connectivity index (χ1v) is 5.89. The van der Waals surface area contributed by atoms with Gasteiger partial charge in [-0.2, -0.15) is 5.10 Å². The quantitative estimate of drug-likeness (QED) is 0.777. The summed E-state index contributed by atoms with van der Waals surface area (Å²) in [5.74, 6) is 0.755. The lowest BCUT2D eigenvalue weighted by atomic mass is 10.0. The van der Waals surface area contributed by atoms with Crippen molar-refractivity contribution in [2.24, 2.45) is 0 Å². The lowest BCUT2D eigenvalue weighted by Crippen LogP contribution is -2.03. The van der Waals surface area contributed by atoms with Gasteiger partial charge in [-0.05, 0) is 26.0 Å². The van der Waals surface area contributed by atoms with Crippen LogP contribution in [0.3, 0.4) is 0 Å². The number of Topliss-reactive ketones (excluding diaryl/α,β-unsaturated/α-hetero) is 1. The Morgan fingerprint density at radius 2 is 2.11 bits per heavy atom. The molecule has 4 nitrogen and oxygen atoms in total. The van der Waals surface area contributed by atoms with Crippen LogP contribution < -0.4 is 4.74 Å². The molecule has 0 atom stereocenters. The van der Waals surface area contributed by atoms with Gasteiger partial charge in [0.1, 0.15) is 5.75 Å². The van der Waals surface area contributed by atoms with Crippen LogP contribution in [0.25, 0.3) is 11.3 Å². The lowest BCUT2D eigenvalue weighted by molar-refractivity contribution is 0.101. The molecule has 1 heterocycles. The third-order valence-electron chi connectivity index (χ3n) is 2.88. The van der Waals surface area contributed by atoms with E-state index >= 15 is 0 Å². The van der Waals surface area contributed by atoms with E-state index in [1.54, 1.807) is 20.2 Å². The fourth-order valence-corrected chi connectivity index (χ4v) is 2.01. The SMILES string of the molecule is CCn1ncc(C(C)=O)c1-c1ccccc1OC. The molecule has 0 fully saturated rings. The number of nitrogens with zero attached hydrogens (tertiary/aromatic N) is 2. The fraction of sp³-hybridized carbons (Fsp3) is 0.286. The van der Waals surface area contributed by atoms with E-state index in [0.717, 1.165) is 17.0 Å². The maximum Gasteiger partial charge on any atom is 0.163 e. The van der Waals surface area contributed by atoms with Crippen LogP contribution in [-0.2, 0) is 6.54 Å². The zero-order valence-electron chi connectivity index (χ0n) is 10.8. The molecule has 0 bridgehead atoms. The molecule has 4 heteroatoms. The van der Waals surface area contributed by atoms with Crippen LogP contribution in [-0.4, -0.2) is 22.7 Å². The van der Waals surface area contributed by atoms with Gasteiger partial charge in [-0.25, -0.2) is 0 Å².